The Morgan fingerprint density at radius 1 is 1.22 bits per heavy atom. The van der Waals surface area contributed by atoms with Gasteiger partial charge in [0.25, 0.3) is 5.91 Å². The molecule has 2 aromatic carbocycles. The van der Waals surface area contributed by atoms with Crippen molar-refractivity contribution in [3.8, 4) is 22.8 Å². The molecule has 0 aliphatic heterocycles. The highest BCUT2D eigenvalue weighted by Crippen LogP contribution is 2.28. The fourth-order valence-electron chi connectivity index (χ4n) is 2.72. The summed E-state index contributed by atoms with van der Waals surface area (Å²) in [6, 6.07) is 12.6. The number of nitrogens with zero attached hydrogens (tertiary/aromatic N) is 2. The molecule has 0 unspecified atom stereocenters. The van der Waals surface area contributed by atoms with Crippen LogP contribution in [-0.4, -0.2) is 34.5 Å². The fraction of sp³-hybridized carbons (Fsp3) is 0.150. The Kier molecular flexibility index (Phi) is 5.21. The Labute approximate surface area is 156 Å². The number of hydrogen-bond acceptors (Lipinski definition) is 5. The van der Waals surface area contributed by atoms with E-state index in [1.165, 1.54) is 6.21 Å². The zero-order valence-electron chi connectivity index (χ0n) is 15.3. The second-order valence-electron chi connectivity index (χ2n) is 6.07. The van der Waals surface area contributed by atoms with Gasteiger partial charge in [0.2, 0.25) is 0 Å². The van der Waals surface area contributed by atoms with E-state index < -0.39 is 5.91 Å². The normalized spacial score (nSPS) is 10.9. The number of aromatic amines is 1. The lowest BCUT2D eigenvalue weighted by Gasteiger charge is -2.04. The topological polar surface area (TPSA) is 99.6 Å². The molecule has 0 aliphatic carbocycles. The van der Waals surface area contributed by atoms with Crippen molar-refractivity contribution < 1.29 is 14.6 Å². The Morgan fingerprint density at radius 2 is 1.93 bits per heavy atom. The summed E-state index contributed by atoms with van der Waals surface area (Å²) in [5, 5.41) is 20.6. The highest BCUT2D eigenvalue weighted by molar-refractivity contribution is 5.94. The number of phenols is 1. The molecule has 3 aromatic rings. The number of hydrogen-bond donors (Lipinski definition) is 3. The minimum atomic E-state index is -0.410. The molecule has 7 heteroatoms. The molecule has 0 aliphatic rings. The minimum absolute atomic E-state index is 0.262. The second-order valence-corrected chi connectivity index (χ2v) is 6.07. The maximum atomic E-state index is 12.3. The predicted molar refractivity (Wildman–Crippen MR) is 103 cm³/mol. The molecule has 3 rings (SSSR count). The van der Waals surface area contributed by atoms with E-state index in [-0.39, 0.29) is 11.4 Å². The first kappa shape index (κ1) is 18.2. The van der Waals surface area contributed by atoms with Crippen LogP contribution in [0, 0.1) is 13.8 Å². The van der Waals surface area contributed by atoms with Gasteiger partial charge in [0.1, 0.15) is 17.2 Å². The third kappa shape index (κ3) is 3.98. The number of rotatable bonds is 5. The summed E-state index contributed by atoms with van der Waals surface area (Å²) < 4.78 is 5.32. The van der Waals surface area contributed by atoms with Gasteiger partial charge in [-0.25, -0.2) is 5.43 Å². The van der Waals surface area contributed by atoms with Crippen molar-refractivity contribution in [2.75, 3.05) is 7.11 Å². The van der Waals surface area contributed by atoms with Crippen LogP contribution in [0.2, 0.25) is 0 Å². The lowest BCUT2D eigenvalue weighted by Crippen LogP contribution is -2.18. The van der Waals surface area contributed by atoms with E-state index in [0.717, 1.165) is 22.3 Å². The molecule has 0 radical (unpaired) electrons. The van der Waals surface area contributed by atoms with E-state index in [1.54, 1.807) is 25.3 Å². The highest BCUT2D eigenvalue weighted by Gasteiger charge is 2.13. The Hall–Kier alpha value is -3.61. The van der Waals surface area contributed by atoms with Crippen LogP contribution in [0.4, 0.5) is 0 Å². The number of methoxy groups -OCH3 is 1. The number of aromatic hydroxyl groups is 1. The second kappa shape index (κ2) is 7.74. The first-order chi connectivity index (χ1) is 13.0. The summed E-state index contributed by atoms with van der Waals surface area (Å²) in [6.07, 6.45) is 1.52. The largest absolute Gasteiger partial charge is 0.507 e. The van der Waals surface area contributed by atoms with Gasteiger partial charge in [0.15, 0.2) is 0 Å². The maximum Gasteiger partial charge on any atom is 0.289 e. The summed E-state index contributed by atoms with van der Waals surface area (Å²) in [4.78, 5) is 12.3. The molecule has 0 bridgehead atoms. The van der Waals surface area contributed by atoms with Crippen molar-refractivity contribution in [2.45, 2.75) is 13.8 Å². The quantitative estimate of drug-likeness (QED) is 0.478. The van der Waals surface area contributed by atoms with Crippen LogP contribution >= 0.6 is 0 Å². The van der Waals surface area contributed by atoms with Crippen LogP contribution < -0.4 is 10.2 Å². The molecule has 0 saturated carbocycles. The van der Waals surface area contributed by atoms with Gasteiger partial charge in [-0.15, -0.1) is 0 Å². The number of H-pyrrole nitrogens is 1. The average Bonchev–Trinajstić information content (AvgIpc) is 3.16. The van der Waals surface area contributed by atoms with Gasteiger partial charge in [-0.2, -0.15) is 10.2 Å². The van der Waals surface area contributed by atoms with Crippen LogP contribution in [0.25, 0.3) is 11.3 Å². The lowest BCUT2D eigenvalue weighted by molar-refractivity contribution is 0.0950. The maximum absolute atomic E-state index is 12.3. The third-order valence-electron chi connectivity index (χ3n) is 4.10. The molecule has 0 saturated heterocycles. The van der Waals surface area contributed by atoms with Crippen molar-refractivity contribution in [2.24, 2.45) is 5.10 Å². The number of carbonyl (C=O) groups is 1. The van der Waals surface area contributed by atoms with Crippen LogP contribution in [0.3, 0.4) is 0 Å². The van der Waals surface area contributed by atoms with Crippen molar-refractivity contribution >= 4 is 12.1 Å². The molecule has 1 amide bonds. The number of aromatic nitrogens is 2. The summed E-state index contributed by atoms with van der Waals surface area (Å²) in [7, 11) is 1.58. The molecular formula is C20H20N4O3. The number of amides is 1. The molecule has 0 atom stereocenters. The van der Waals surface area contributed by atoms with E-state index in [0.29, 0.717) is 11.4 Å². The first-order valence-corrected chi connectivity index (χ1v) is 8.32. The summed E-state index contributed by atoms with van der Waals surface area (Å²) in [5.74, 6) is 0.525. The zero-order valence-corrected chi connectivity index (χ0v) is 15.3. The molecule has 27 heavy (non-hydrogen) atoms. The molecular weight excluding hydrogens is 344 g/mol. The average molecular weight is 364 g/mol. The molecule has 1 aromatic heterocycles. The lowest BCUT2D eigenvalue weighted by atomic mass is 10.1. The van der Waals surface area contributed by atoms with E-state index in [9.17, 15) is 9.90 Å². The van der Waals surface area contributed by atoms with Gasteiger partial charge in [0, 0.05) is 5.56 Å². The number of benzene rings is 2. The van der Waals surface area contributed by atoms with E-state index in [1.807, 2.05) is 38.1 Å². The number of aryl methyl sites for hydroxylation is 2. The highest BCUT2D eigenvalue weighted by atomic mass is 16.5. The zero-order chi connectivity index (χ0) is 19.4. The number of carbonyl (C=O) groups excluding carboxylic acids is 1. The van der Waals surface area contributed by atoms with Crippen molar-refractivity contribution in [1.82, 2.24) is 15.6 Å². The summed E-state index contributed by atoms with van der Waals surface area (Å²) in [5.41, 5.74) is 6.41. The van der Waals surface area contributed by atoms with Gasteiger partial charge in [-0.1, -0.05) is 12.1 Å². The Bertz CT molecular complexity index is 985. The van der Waals surface area contributed by atoms with Crippen LogP contribution in [0.15, 0.2) is 47.6 Å². The Morgan fingerprint density at radius 3 is 2.63 bits per heavy atom. The predicted octanol–water partition coefficient (Wildman–Crippen LogP) is 3.17. The van der Waals surface area contributed by atoms with Gasteiger partial charge in [-0.3, -0.25) is 9.89 Å². The number of nitrogens with one attached hydrogen (secondary N) is 2. The molecule has 0 spiro atoms. The molecule has 0 fully saturated rings. The number of ether oxygens (including phenoxy) is 1. The molecule has 7 nitrogen and oxygen atoms in total. The third-order valence-corrected chi connectivity index (χ3v) is 4.10. The van der Waals surface area contributed by atoms with Crippen molar-refractivity contribution in [3.05, 3.63) is 64.8 Å². The van der Waals surface area contributed by atoms with Crippen LogP contribution in [-0.2, 0) is 0 Å². The molecule has 1 heterocycles. The minimum Gasteiger partial charge on any atom is -0.507 e. The number of phenolic OH excluding ortho intramolecular Hbond substituents is 1. The standard InChI is InChI=1S/C20H20N4O3/c1-12-8-14(9-13(2)19(12)25)11-21-24-20(26)17-10-16(22-23-17)15-6-4-5-7-18(15)27-3/h4-11,25H,1-3H3,(H,22,23)(H,24,26)/b21-11+. The SMILES string of the molecule is COc1ccccc1-c1cc(C(=O)N/N=C/c2cc(C)c(O)c(C)c2)[nH]n1. The number of hydrazone groups is 1. The van der Waals surface area contributed by atoms with Gasteiger partial charge in [0.05, 0.1) is 19.0 Å². The molecule has 138 valence electrons. The molecule has 3 N–H and O–H groups in total. The number of para-hydroxylation sites is 1. The monoisotopic (exact) mass is 364 g/mol. The summed E-state index contributed by atoms with van der Waals surface area (Å²) >= 11 is 0. The Balaban J connectivity index is 1.71. The van der Waals surface area contributed by atoms with Crippen LogP contribution in [0.5, 0.6) is 11.5 Å². The smallest absolute Gasteiger partial charge is 0.289 e. The first-order valence-electron chi connectivity index (χ1n) is 8.32. The van der Waals surface area contributed by atoms with E-state index in [4.69, 9.17) is 4.74 Å². The van der Waals surface area contributed by atoms with Gasteiger partial charge >= 0.3 is 0 Å². The van der Waals surface area contributed by atoms with E-state index in [2.05, 4.69) is 20.7 Å². The van der Waals surface area contributed by atoms with Crippen molar-refractivity contribution in [1.29, 1.82) is 0 Å². The van der Waals surface area contributed by atoms with Gasteiger partial charge in [-0.05, 0) is 60.9 Å². The fourth-order valence-corrected chi connectivity index (χ4v) is 2.72. The van der Waals surface area contributed by atoms with Crippen molar-refractivity contribution in [3.63, 3.8) is 0 Å². The van der Waals surface area contributed by atoms with Gasteiger partial charge < -0.3 is 9.84 Å². The van der Waals surface area contributed by atoms with E-state index >= 15 is 0 Å². The summed E-state index contributed by atoms with van der Waals surface area (Å²) in [6.45, 7) is 3.62. The van der Waals surface area contributed by atoms with Crippen LogP contribution in [0.1, 0.15) is 27.2 Å².